The van der Waals surface area contributed by atoms with E-state index in [1.165, 1.54) is 37.4 Å². The summed E-state index contributed by atoms with van der Waals surface area (Å²) in [5, 5.41) is 2.64. The monoisotopic (exact) mass is 545 g/mol. The first-order valence-electron chi connectivity index (χ1n) is 11.4. The molecule has 12 heteroatoms. The molecule has 10 nitrogen and oxygen atoms in total. The Bertz CT molecular complexity index is 1510. The molecule has 1 aliphatic heterocycles. The van der Waals surface area contributed by atoms with Gasteiger partial charge < -0.3 is 14.8 Å². The second-order valence-electron chi connectivity index (χ2n) is 8.55. The zero-order valence-electron chi connectivity index (χ0n) is 20.4. The van der Waals surface area contributed by atoms with Crippen LogP contribution in [0.5, 0.6) is 11.5 Å². The highest BCUT2D eigenvalue weighted by Crippen LogP contribution is 2.37. The highest BCUT2D eigenvalue weighted by molar-refractivity contribution is 7.92. The summed E-state index contributed by atoms with van der Waals surface area (Å²) in [6, 6.07) is 18.1. The second-order valence-corrected chi connectivity index (χ2v) is 12.1. The maximum atomic E-state index is 13.5. The molecule has 1 aliphatic rings. The Balaban J connectivity index is 1.66. The van der Waals surface area contributed by atoms with E-state index in [4.69, 9.17) is 9.47 Å². The molecule has 2 N–H and O–H groups in total. The molecule has 0 aromatic heterocycles. The van der Waals surface area contributed by atoms with E-state index >= 15 is 0 Å². The summed E-state index contributed by atoms with van der Waals surface area (Å²) in [4.78, 5) is 13.3. The predicted molar refractivity (Wildman–Crippen MR) is 139 cm³/mol. The second kappa shape index (κ2) is 10.4. The van der Waals surface area contributed by atoms with Crippen molar-refractivity contribution in [2.45, 2.75) is 35.8 Å². The number of amides is 1. The third-order valence-electron chi connectivity index (χ3n) is 5.49. The minimum atomic E-state index is -4.00. The normalized spacial score (nSPS) is 15.6. The average molecular weight is 546 g/mol. The van der Waals surface area contributed by atoms with Crippen LogP contribution in [0.4, 0.5) is 11.4 Å². The van der Waals surface area contributed by atoms with Crippen molar-refractivity contribution in [1.29, 1.82) is 0 Å². The molecule has 1 heterocycles. The highest BCUT2D eigenvalue weighted by Gasteiger charge is 2.37. The maximum Gasteiger partial charge on any atom is 0.267 e. The van der Waals surface area contributed by atoms with Crippen molar-refractivity contribution in [2.24, 2.45) is 0 Å². The van der Waals surface area contributed by atoms with Gasteiger partial charge in [0.15, 0.2) is 6.10 Å². The van der Waals surface area contributed by atoms with Gasteiger partial charge in [-0.1, -0.05) is 30.3 Å². The van der Waals surface area contributed by atoms with Gasteiger partial charge in [-0.05, 0) is 56.3 Å². The quantitative estimate of drug-likeness (QED) is 0.445. The molecule has 196 valence electrons. The van der Waals surface area contributed by atoms with Crippen molar-refractivity contribution in [2.75, 3.05) is 23.3 Å². The molecule has 0 spiro atoms. The molecule has 0 saturated heterocycles. The topological polar surface area (TPSA) is 131 Å². The zero-order valence-corrected chi connectivity index (χ0v) is 22.0. The molecule has 0 fully saturated rings. The summed E-state index contributed by atoms with van der Waals surface area (Å²) in [5.74, 6) is -0.230. The molecule has 1 unspecified atom stereocenters. The molecule has 3 aromatic carbocycles. The minimum Gasteiger partial charge on any atom is -0.495 e. The van der Waals surface area contributed by atoms with Crippen LogP contribution in [0.2, 0.25) is 0 Å². The SMILES string of the molecule is COc1ccc(S(=O)(=O)NC(C)C)cc1NC(=O)C1CN(S(=O)(=O)c2ccccc2)c2ccccc2O1. The van der Waals surface area contributed by atoms with Crippen LogP contribution in [0.15, 0.2) is 82.6 Å². The molecule has 1 amide bonds. The Morgan fingerprint density at radius 3 is 2.32 bits per heavy atom. The number of benzene rings is 3. The lowest BCUT2D eigenvalue weighted by atomic mass is 10.2. The molecule has 1 atom stereocenters. The Labute approximate surface area is 216 Å². The third-order valence-corrected chi connectivity index (χ3v) is 8.94. The Hall–Kier alpha value is -3.61. The van der Waals surface area contributed by atoms with Crippen molar-refractivity contribution in [3.63, 3.8) is 0 Å². The van der Waals surface area contributed by atoms with E-state index in [1.54, 1.807) is 56.3 Å². The zero-order chi connectivity index (χ0) is 26.8. The summed E-state index contributed by atoms with van der Waals surface area (Å²) in [6.07, 6.45) is -1.23. The molecule has 0 bridgehead atoms. The standard InChI is InChI=1S/C25H27N3O7S2/c1-17(2)27-36(30,31)19-13-14-22(34-3)20(15-19)26-25(29)24-16-28(21-11-7-8-12-23(21)35-24)37(32,33)18-9-5-4-6-10-18/h4-15,17,24,27H,16H2,1-3H3,(H,26,29). The lowest BCUT2D eigenvalue weighted by Gasteiger charge is -2.34. The number of ether oxygens (including phenoxy) is 2. The number of para-hydroxylation sites is 2. The number of carbonyl (C=O) groups is 1. The van der Waals surface area contributed by atoms with Gasteiger partial charge in [0.25, 0.3) is 15.9 Å². The molecule has 4 rings (SSSR count). The van der Waals surface area contributed by atoms with Gasteiger partial charge in [0.2, 0.25) is 10.0 Å². The van der Waals surface area contributed by atoms with Crippen LogP contribution < -0.4 is 23.8 Å². The first kappa shape index (κ1) is 26.5. The predicted octanol–water partition coefficient (Wildman–Crippen LogP) is 2.98. The summed E-state index contributed by atoms with van der Waals surface area (Å²) in [6.45, 7) is 3.09. The van der Waals surface area contributed by atoms with Crippen LogP contribution >= 0.6 is 0 Å². The third kappa shape index (κ3) is 5.55. The number of carbonyl (C=O) groups excluding carboxylic acids is 1. The van der Waals surface area contributed by atoms with Crippen molar-refractivity contribution in [1.82, 2.24) is 4.72 Å². The van der Waals surface area contributed by atoms with Crippen LogP contribution in [0, 0.1) is 0 Å². The number of sulfonamides is 2. The number of nitrogens with zero attached hydrogens (tertiary/aromatic N) is 1. The summed E-state index contributed by atoms with van der Waals surface area (Å²) >= 11 is 0. The highest BCUT2D eigenvalue weighted by atomic mass is 32.2. The number of anilines is 2. The van der Waals surface area contributed by atoms with E-state index in [9.17, 15) is 21.6 Å². The number of nitrogens with one attached hydrogen (secondary N) is 2. The molecular weight excluding hydrogens is 518 g/mol. The number of hydrogen-bond donors (Lipinski definition) is 2. The van der Waals surface area contributed by atoms with E-state index in [0.717, 1.165) is 4.31 Å². The minimum absolute atomic E-state index is 0.0690. The Morgan fingerprint density at radius 2 is 1.65 bits per heavy atom. The summed E-state index contributed by atoms with van der Waals surface area (Å²) in [5.41, 5.74) is 0.403. The van der Waals surface area contributed by atoms with Crippen molar-refractivity contribution < 1.29 is 31.1 Å². The lowest BCUT2D eigenvalue weighted by molar-refractivity contribution is -0.122. The van der Waals surface area contributed by atoms with Crippen molar-refractivity contribution in [3.8, 4) is 11.5 Å². The van der Waals surface area contributed by atoms with Gasteiger partial charge >= 0.3 is 0 Å². The molecule has 0 radical (unpaired) electrons. The number of rotatable bonds is 8. The van der Waals surface area contributed by atoms with E-state index in [0.29, 0.717) is 5.69 Å². The van der Waals surface area contributed by atoms with Crippen LogP contribution in [0.1, 0.15) is 13.8 Å². The average Bonchev–Trinajstić information content (AvgIpc) is 2.87. The van der Waals surface area contributed by atoms with Crippen molar-refractivity contribution in [3.05, 3.63) is 72.8 Å². The smallest absolute Gasteiger partial charge is 0.267 e. The molecular formula is C25H27N3O7S2. The van der Waals surface area contributed by atoms with Crippen LogP contribution in [0.25, 0.3) is 0 Å². The lowest BCUT2D eigenvalue weighted by Crippen LogP contribution is -2.48. The van der Waals surface area contributed by atoms with Crippen LogP contribution in [-0.4, -0.2) is 48.5 Å². The van der Waals surface area contributed by atoms with Gasteiger partial charge in [-0.25, -0.2) is 21.6 Å². The molecule has 3 aromatic rings. The molecule has 0 saturated carbocycles. The van der Waals surface area contributed by atoms with E-state index in [1.807, 2.05) is 0 Å². The van der Waals surface area contributed by atoms with Crippen LogP contribution in [0.3, 0.4) is 0 Å². The van der Waals surface area contributed by atoms with Gasteiger partial charge in [0, 0.05) is 6.04 Å². The Kier molecular flexibility index (Phi) is 7.44. The Morgan fingerprint density at radius 1 is 0.973 bits per heavy atom. The van der Waals surface area contributed by atoms with E-state index in [-0.39, 0.29) is 39.6 Å². The fraction of sp³-hybridized carbons (Fsp3) is 0.240. The van der Waals surface area contributed by atoms with Gasteiger partial charge in [0.1, 0.15) is 11.5 Å². The number of hydrogen-bond acceptors (Lipinski definition) is 7. The van der Waals surface area contributed by atoms with Crippen LogP contribution in [-0.2, 0) is 24.8 Å². The summed E-state index contributed by atoms with van der Waals surface area (Å²) < 4.78 is 67.0. The largest absolute Gasteiger partial charge is 0.495 e. The van der Waals surface area contributed by atoms with Gasteiger partial charge in [-0.2, -0.15) is 0 Å². The van der Waals surface area contributed by atoms with Gasteiger partial charge in [-0.3, -0.25) is 9.10 Å². The molecule has 0 aliphatic carbocycles. The summed E-state index contributed by atoms with van der Waals surface area (Å²) in [7, 11) is -6.46. The van der Waals surface area contributed by atoms with Gasteiger partial charge in [-0.15, -0.1) is 0 Å². The first-order valence-corrected chi connectivity index (χ1v) is 14.3. The molecule has 37 heavy (non-hydrogen) atoms. The fourth-order valence-corrected chi connectivity index (χ4v) is 6.60. The van der Waals surface area contributed by atoms with Gasteiger partial charge in [0.05, 0.1) is 34.8 Å². The van der Waals surface area contributed by atoms with E-state index in [2.05, 4.69) is 10.0 Å². The number of fused-ring (bicyclic) bond motifs is 1. The first-order chi connectivity index (χ1) is 17.5. The van der Waals surface area contributed by atoms with E-state index < -0.39 is 32.1 Å². The van der Waals surface area contributed by atoms with Crippen molar-refractivity contribution >= 4 is 37.3 Å². The number of methoxy groups -OCH3 is 1. The fourth-order valence-electron chi connectivity index (χ4n) is 3.83. The maximum absolute atomic E-state index is 13.5.